The molecule has 6 nitrogen and oxygen atoms in total. The Kier molecular flexibility index (Phi) is 8.62. The van der Waals surface area contributed by atoms with Crippen molar-refractivity contribution in [2.75, 3.05) is 0 Å². The Labute approximate surface area is 188 Å². The fourth-order valence-corrected chi connectivity index (χ4v) is 3.09. The highest BCUT2D eigenvalue weighted by atomic mass is 79.9. The summed E-state index contributed by atoms with van der Waals surface area (Å²) in [6, 6.07) is 12.3. The van der Waals surface area contributed by atoms with E-state index in [1.54, 1.807) is 48.5 Å². The molecule has 0 fully saturated rings. The van der Waals surface area contributed by atoms with Crippen LogP contribution in [0.15, 0.2) is 58.7 Å². The largest absolute Gasteiger partial charge is 0.480 e. The molecular formula is C22H22BrClN2O4. The minimum Gasteiger partial charge on any atom is -0.480 e. The van der Waals surface area contributed by atoms with Crippen molar-refractivity contribution in [3.63, 3.8) is 0 Å². The van der Waals surface area contributed by atoms with Crippen molar-refractivity contribution in [1.82, 2.24) is 10.6 Å². The van der Waals surface area contributed by atoms with Gasteiger partial charge >= 0.3 is 5.97 Å². The Morgan fingerprint density at radius 2 is 1.73 bits per heavy atom. The molecule has 158 valence electrons. The molecule has 0 aliphatic rings. The van der Waals surface area contributed by atoms with Gasteiger partial charge in [-0.25, -0.2) is 4.79 Å². The van der Waals surface area contributed by atoms with Crippen LogP contribution in [0.3, 0.4) is 0 Å². The third kappa shape index (κ3) is 7.00. The van der Waals surface area contributed by atoms with Crippen LogP contribution in [0, 0.1) is 5.92 Å². The van der Waals surface area contributed by atoms with E-state index in [4.69, 9.17) is 11.6 Å². The monoisotopic (exact) mass is 492 g/mol. The number of nitrogens with one attached hydrogen (secondary N) is 2. The molecule has 2 rings (SSSR count). The summed E-state index contributed by atoms with van der Waals surface area (Å²) in [4.78, 5) is 37.0. The number of aliphatic carboxylic acids is 1. The van der Waals surface area contributed by atoms with Gasteiger partial charge < -0.3 is 15.7 Å². The van der Waals surface area contributed by atoms with Crippen LogP contribution in [0.4, 0.5) is 0 Å². The summed E-state index contributed by atoms with van der Waals surface area (Å²) < 4.78 is 0.807. The van der Waals surface area contributed by atoms with E-state index < -0.39 is 23.8 Å². The fourth-order valence-electron chi connectivity index (χ4n) is 2.63. The Balaban J connectivity index is 2.34. The second-order valence-electron chi connectivity index (χ2n) is 7.03. The first-order valence-electron chi connectivity index (χ1n) is 9.24. The van der Waals surface area contributed by atoms with Crippen LogP contribution in [0.2, 0.25) is 5.02 Å². The standard InChI is InChI=1S/C22H22BrClN2O4/c1-13(2)11-19(22(29)30)26-21(28)18(12-15-5-3-4-6-17(15)24)25-20(27)14-7-9-16(23)10-8-14/h3-10,12-13,19H,11H2,1-2H3,(H,25,27)(H,26,28)(H,29,30). The van der Waals surface area contributed by atoms with Gasteiger partial charge in [-0.3, -0.25) is 9.59 Å². The van der Waals surface area contributed by atoms with E-state index in [9.17, 15) is 19.5 Å². The number of hydrogen-bond acceptors (Lipinski definition) is 3. The molecule has 2 aromatic carbocycles. The molecule has 0 spiro atoms. The van der Waals surface area contributed by atoms with Crippen molar-refractivity contribution in [3.8, 4) is 0 Å². The number of carboxylic acids is 1. The lowest BCUT2D eigenvalue weighted by molar-refractivity contribution is -0.141. The number of benzene rings is 2. The first kappa shape index (κ1) is 23.6. The predicted molar refractivity (Wildman–Crippen MR) is 120 cm³/mol. The SMILES string of the molecule is CC(C)CC(NC(=O)C(=Cc1ccccc1Cl)NC(=O)c1ccc(Br)cc1)C(=O)O. The number of hydrogen-bond donors (Lipinski definition) is 3. The van der Waals surface area contributed by atoms with Gasteiger partial charge in [0.25, 0.3) is 11.8 Å². The quantitative estimate of drug-likeness (QED) is 0.472. The van der Waals surface area contributed by atoms with Gasteiger partial charge in [-0.05, 0) is 54.3 Å². The molecule has 0 bridgehead atoms. The van der Waals surface area contributed by atoms with E-state index in [-0.39, 0.29) is 18.0 Å². The summed E-state index contributed by atoms with van der Waals surface area (Å²) in [5.74, 6) is -2.31. The van der Waals surface area contributed by atoms with Gasteiger partial charge in [0.1, 0.15) is 11.7 Å². The molecule has 0 aromatic heterocycles. The third-order valence-electron chi connectivity index (χ3n) is 4.11. The van der Waals surface area contributed by atoms with Gasteiger partial charge in [-0.15, -0.1) is 0 Å². The zero-order chi connectivity index (χ0) is 22.3. The summed E-state index contributed by atoms with van der Waals surface area (Å²) in [6.45, 7) is 3.72. The molecule has 30 heavy (non-hydrogen) atoms. The fraction of sp³-hybridized carbons (Fsp3) is 0.227. The van der Waals surface area contributed by atoms with Gasteiger partial charge in [-0.2, -0.15) is 0 Å². The Morgan fingerprint density at radius 1 is 1.10 bits per heavy atom. The topological polar surface area (TPSA) is 95.5 Å². The second-order valence-corrected chi connectivity index (χ2v) is 8.36. The predicted octanol–water partition coefficient (Wildman–Crippen LogP) is 4.49. The average Bonchev–Trinajstić information content (AvgIpc) is 2.68. The minimum atomic E-state index is -1.15. The molecule has 2 aromatic rings. The maximum absolute atomic E-state index is 12.9. The lowest BCUT2D eigenvalue weighted by atomic mass is 10.0. The molecule has 0 radical (unpaired) electrons. The van der Waals surface area contributed by atoms with Crippen LogP contribution in [0.1, 0.15) is 36.2 Å². The lowest BCUT2D eigenvalue weighted by Crippen LogP contribution is -2.45. The van der Waals surface area contributed by atoms with Gasteiger partial charge in [0.05, 0.1) is 0 Å². The van der Waals surface area contributed by atoms with E-state index in [0.29, 0.717) is 16.1 Å². The van der Waals surface area contributed by atoms with E-state index in [1.165, 1.54) is 6.08 Å². The molecule has 0 aliphatic heterocycles. The second kappa shape index (κ2) is 10.9. The van der Waals surface area contributed by atoms with Crippen LogP contribution in [0.25, 0.3) is 6.08 Å². The van der Waals surface area contributed by atoms with Gasteiger partial charge in [0.15, 0.2) is 0 Å². The molecule has 0 saturated heterocycles. The van der Waals surface area contributed by atoms with E-state index in [2.05, 4.69) is 26.6 Å². The molecule has 8 heteroatoms. The van der Waals surface area contributed by atoms with Crippen molar-refractivity contribution in [2.45, 2.75) is 26.3 Å². The highest BCUT2D eigenvalue weighted by molar-refractivity contribution is 9.10. The Morgan fingerprint density at radius 3 is 2.30 bits per heavy atom. The normalized spacial score (nSPS) is 12.4. The Bertz CT molecular complexity index is 958. The number of halogens is 2. The minimum absolute atomic E-state index is 0.0553. The molecule has 2 amide bonds. The van der Waals surface area contributed by atoms with Gasteiger partial charge in [0, 0.05) is 15.1 Å². The van der Waals surface area contributed by atoms with E-state index in [1.807, 2.05) is 13.8 Å². The number of carboxylic acid groups (broad SMARTS) is 1. The molecule has 0 saturated carbocycles. The summed E-state index contributed by atoms with van der Waals surface area (Å²) in [6.07, 6.45) is 1.67. The van der Waals surface area contributed by atoms with Crippen molar-refractivity contribution in [1.29, 1.82) is 0 Å². The van der Waals surface area contributed by atoms with Crippen molar-refractivity contribution >= 4 is 51.4 Å². The first-order chi connectivity index (χ1) is 14.2. The maximum Gasteiger partial charge on any atom is 0.326 e. The van der Waals surface area contributed by atoms with Crippen molar-refractivity contribution in [2.24, 2.45) is 5.92 Å². The molecule has 1 atom stereocenters. The molecule has 0 heterocycles. The maximum atomic E-state index is 12.9. The lowest BCUT2D eigenvalue weighted by Gasteiger charge is -2.18. The molecular weight excluding hydrogens is 472 g/mol. The highest BCUT2D eigenvalue weighted by Crippen LogP contribution is 2.18. The van der Waals surface area contributed by atoms with Crippen LogP contribution >= 0.6 is 27.5 Å². The zero-order valence-corrected chi connectivity index (χ0v) is 18.8. The molecule has 0 aliphatic carbocycles. The molecule has 1 unspecified atom stereocenters. The van der Waals surface area contributed by atoms with Gasteiger partial charge in [-0.1, -0.05) is 59.6 Å². The number of carbonyl (C=O) groups is 3. The van der Waals surface area contributed by atoms with Crippen LogP contribution in [-0.2, 0) is 9.59 Å². The summed E-state index contributed by atoms with van der Waals surface area (Å²) >= 11 is 9.48. The summed E-state index contributed by atoms with van der Waals surface area (Å²) in [7, 11) is 0. The summed E-state index contributed by atoms with van der Waals surface area (Å²) in [5, 5.41) is 14.9. The number of rotatable bonds is 8. The molecule has 3 N–H and O–H groups in total. The van der Waals surface area contributed by atoms with Crippen LogP contribution in [-0.4, -0.2) is 28.9 Å². The van der Waals surface area contributed by atoms with E-state index in [0.717, 1.165) is 4.47 Å². The smallest absolute Gasteiger partial charge is 0.326 e. The highest BCUT2D eigenvalue weighted by Gasteiger charge is 2.24. The average molecular weight is 494 g/mol. The zero-order valence-electron chi connectivity index (χ0n) is 16.5. The van der Waals surface area contributed by atoms with Crippen molar-refractivity contribution in [3.05, 3.63) is 74.9 Å². The third-order valence-corrected chi connectivity index (χ3v) is 4.99. The Hall–Kier alpha value is -2.64. The number of carbonyl (C=O) groups excluding carboxylic acids is 2. The van der Waals surface area contributed by atoms with Gasteiger partial charge in [0.2, 0.25) is 0 Å². The first-order valence-corrected chi connectivity index (χ1v) is 10.4. The van der Waals surface area contributed by atoms with Crippen LogP contribution < -0.4 is 10.6 Å². The van der Waals surface area contributed by atoms with E-state index >= 15 is 0 Å². The number of amides is 2. The van der Waals surface area contributed by atoms with Crippen LogP contribution in [0.5, 0.6) is 0 Å². The van der Waals surface area contributed by atoms with Crippen molar-refractivity contribution < 1.29 is 19.5 Å². The summed E-state index contributed by atoms with van der Waals surface area (Å²) in [5.41, 5.74) is 0.746.